The van der Waals surface area contributed by atoms with E-state index >= 15 is 0 Å². The highest BCUT2D eigenvalue weighted by molar-refractivity contribution is 7.93. The van der Waals surface area contributed by atoms with Gasteiger partial charge in [-0.25, -0.2) is 13.4 Å². The maximum absolute atomic E-state index is 13.3. The quantitative estimate of drug-likeness (QED) is 0.147. The number of hydrogen-bond acceptors (Lipinski definition) is 8. The number of carbonyl (C=O) groups excluding carboxylic acids is 2. The molecule has 1 atom stereocenters. The van der Waals surface area contributed by atoms with Crippen LogP contribution in [0.2, 0.25) is 5.02 Å². The Morgan fingerprint density at radius 3 is 2.34 bits per heavy atom. The smallest absolute Gasteiger partial charge is 0.301 e. The maximum Gasteiger partial charge on any atom is 0.301 e. The largest absolute Gasteiger partial charge is 0.507 e. The van der Waals surface area contributed by atoms with E-state index in [2.05, 4.69) is 4.98 Å². The summed E-state index contributed by atoms with van der Waals surface area (Å²) in [5.41, 5.74) is 6.74. The SMILES string of the molecule is Nc1ccc(C(O)=C2C(=O)C(=O)N(c3ncc(S(=O)(=O)c4ccccc4)s3)C2c2cccc(Cl)c2)cc1.S. The maximum atomic E-state index is 13.3. The van der Waals surface area contributed by atoms with Crippen molar-refractivity contribution in [3.05, 3.63) is 107 Å². The van der Waals surface area contributed by atoms with E-state index in [0.717, 1.165) is 22.4 Å². The molecule has 1 aliphatic heterocycles. The van der Waals surface area contributed by atoms with Crippen molar-refractivity contribution in [1.29, 1.82) is 0 Å². The van der Waals surface area contributed by atoms with Crippen LogP contribution in [-0.2, 0) is 19.4 Å². The Kier molecular flexibility index (Phi) is 7.65. The lowest BCUT2D eigenvalue weighted by Crippen LogP contribution is -2.29. The minimum absolute atomic E-state index is 0. The van der Waals surface area contributed by atoms with Crippen LogP contribution in [0.4, 0.5) is 10.8 Å². The number of sulfone groups is 1. The van der Waals surface area contributed by atoms with E-state index < -0.39 is 33.3 Å². The van der Waals surface area contributed by atoms with Gasteiger partial charge in [0.05, 0.1) is 22.7 Å². The molecule has 1 aromatic heterocycles. The number of aliphatic hydroxyl groups is 1. The molecule has 194 valence electrons. The lowest BCUT2D eigenvalue weighted by molar-refractivity contribution is -0.132. The van der Waals surface area contributed by atoms with Crippen molar-refractivity contribution in [2.24, 2.45) is 0 Å². The molecule has 38 heavy (non-hydrogen) atoms. The average Bonchev–Trinajstić information content (AvgIpc) is 3.48. The van der Waals surface area contributed by atoms with E-state index in [9.17, 15) is 23.1 Å². The summed E-state index contributed by atoms with van der Waals surface area (Å²) in [6, 6.07) is 19.4. The number of ketones is 1. The molecule has 3 N–H and O–H groups in total. The van der Waals surface area contributed by atoms with Gasteiger partial charge >= 0.3 is 5.91 Å². The zero-order chi connectivity index (χ0) is 26.3. The van der Waals surface area contributed by atoms with Gasteiger partial charge < -0.3 is 10.8 Å². The molecule has 4 aromatic rings. The number of Topliss-reactive ketones (excluding diaryl/α,β-unsaturated/α-hetero) is 1. The fourth-order valence-electron chi connectivity index (χ4n) is 4.02. The van der Waals surface area contributed by atoms with Crippen LogP contribution >= 0.6 is 36.4 Å². The third-order valence-corrected chi connectivity index (χ3v) is 9.25. The second-order valence-corrected chi connectivity index (χ2v) is 11.7. The predicted molar refractivity (Wildman–Crippen MR) is 151 cm³/mol. The Hall–Kier alpha value is -3.64. The van der Waals surface area contributed by atoms with Gasteiger partial charge in [-0.2, -0.15) is 13.5 Å². The molecule has 1 saturated heterocycles. The molecule has 1 fully saturated rings. The van der Waals surface area contributed by atoms with Gasteiger partial charge in [0.15, 0.2) is 5.13 Å². The van der Waals surface area contributed by atoms with Gasteiger partial charge in [0.1, 0.15) is 9.97 Å². The molecule has 3 aromatic carbocycles. The second-order valence-electron chi connectivity index (χ2n) is 8.12. The Morgan fingerprint density at radius 2 is 1.68 bits per heavy atom. The molecule has 1 amide bonds. The number of nitrogens with two attached hydrogens (primary N) is 1. The molecular weight excluding hydrogens is 566 g/mol. The summed E-state index contributed by atoms with van der Waals surface area (Å²) in [6.07, 6.45) is 1.15. The van der Waals surface area contributed by atoms with Crippen LogP contribution < -0.4 is 10.6 Å². The number of amides is 1. The summed E-state index contributed by atoms with van der Waals surface area (Å²) in [5.74, 6) is -2.30. The van der Waals surface area contributed by atoms with Crippen LogP contribution in [0.1, 0.15) is 17.2 Å². The van der Waals surface area contributed by atoms with Crippen LogP contribution in [0.5, 0.6) is 0 Å². The van der Waals surface area contributed by atoms with Crippen LogP contribution in [0.15, 0.2) is 99.7 Å². The van der Waals surface area contributed by atoms with Crippen LogP contribution in [-0.4, -0.2) is 30.2 Å². The summed E-state index contributed by atoms with van der Waals surface area (Å²) in [7, 11) is -3.91. The molecule has 5 rings (SSSR count). The lowest BCUT2D eigenvalue weighted by atomic mass is 9.95. The first-order valence-electron chi connectivity index (χ1n) is 10.9. The van der Waals surface area contributed by atoms with E-state index in [-0.39, 0.29) is 38.9 Å². The molecule has 1 aliphatic rings. The number of aliphatic hydroxyl groups excluding tert-OH is 1. The minimum atomic E-state index is -3.91. The molecule has 0 bridgehead atoms. The van der Waals surface area contributed by atoms with Crippen LogP contribution in [0, 0.1) is 0 Å². The molecule has 8 nitrogen and oxygen atoms in total. The molecular formula is C26H20ClN3O5S3. The third kappa shape index (κ3) is 4.81. The van der Waals surface area contributed by atoms with Gasteiger partial charge in [-0.1, -0.05) is 53.3 Å². The van der Waals surface area contributed by atoms with E-state index in [4.69, 9.17) is 17.3 Å². The summed E-state index contributed by atoms with van der Waals surface area (Å²) in [5, 5.41) is 11.5. The molecule has 1 unspecified atom stereocenters. The topological polar surface area (TPSA) is 131 Å². The van der Waals surface area contributed by atoms with Gasteiger partial charge in [-0.3, -0.25) is 14.5 Å². The van der Waals surface area contributed by atoms with Gasteiger partial charge in [-0.15, -0.1) is 0 Å². The zero-order valence-electron chi connectivity index (χ0n) is 19.4. The Bertz CT molecular complexity index is 1670. The minimum Gasteiger partial charge on any atom is -0.507 e. The van der Waals surface area contributed by atoms with Crippen molar-refractivity contribution in [2.45, 2.75) is 15.1 Å². The number of aromatic nitrogens is 1. The van der Waals surface area contributed by atoms with Gasteiger partial charge in [0.2, 0.25) is 9.84 Å². The summed E-state index contributed by atoms with van der Waals surface area (Å²) >= 11 is 6.96. The van der Waals surface area contributed by atoms with E-state index in [0.29, 0.717) is 16.3 Å². The van der Waals surface area contributed by atoms with Crippen molar-refractivity contribution in [3.63, 3.8) is 0 Å². The fourth-order valence-corrected chi connectivity index (χ4v) is 6.79. The predicted octanol–water partition coefficient (Wildman–Crippen LogP) is 4.95. The number of nitrogens with zero attached hydrogens (tertiary/aromatic N) is 2. The highest BCUT2D eigenvalue weighted by Crippen LogP contribution is 2.44. The molecule has 12 heteroatoms. The first-order valence-corrected chi connectivity index (χ1v) is 13.5. The number of nitrogen functional groups attached to an aromatic ring is 1. The highest BCUT2D eigenvalue weighted by atomic mass is 35.5. The zero-order valence-corrected chi connectivity index (χ0v) is 22.8. The molecule has 0 aliphatic carbocycles. The van der Waals surface area contributed by atoms with Crippen molar-refractivity contribution < 1.29 is 23.1 Å². The number of thiazole rings is 1. The van der Waals surface area contributed by atoms with Crippen molar-refractivity contribution >= 4 is 74.5 Å². The van der Waals surface area contributed by atoms with Crippen LogP contribution in [0.25, 0.3) is 5.76 Å². The number of rotatable bonds is 5. The summed E-state index contributed by atoms with van der Waals surface area (Å²) in [4.78, 5) is 31.9. The summed E-state index contributed by atoms with van der Waals surface area (Å²) < 4.78 is 26.1. The normalized spacial score (nSPS) is 16.9. The fraction of sp³-hybridized carbons (Fsp3) is 0.0385. The van der Waals surface area contributed by atoms with Crippen molar-refractivity contribution in [2.75, 3.05) is 10.6 Å². The van der Waals surface area contributed by atoms with Gasteiger partial charge in [0.25, 0.3) is 5.78 Å². The number of benzene rings is 3. The highest BCUT2D eigenvalue weighted by Gasteiger charge is 2.48. The third-order valence-electron chi connectivity index (χ3n) is 5.79. The number of carbonyl (C=O) groups is 2. The van der Waals surface area contributed by atoms with Crippen LogP contribution in [0.3, 0.4) is 0 Å². The van der Waals surface area contributed by atoms with E-state index in [1.54, 1.807) is 54.6 Å². The van der Waals surface area contributed by atoms with E-state index in [1.165, 1.54) is 24.3 Å². The van der Waals surface area contributed by atoms with Gasteiger partial charge in [-0.05, 0) is 54.1 Å². The Balaban J connectivity index is 0.00000336. The standard InChI is InChI=1S/C26H18ClN3O5S2.H2S/c27-17-6-4-5-16(13-17)22-21(23(31)15-9-11-18(28)12-10-15)24(32)25(33)30(22)26-29-14-20(36-26)37(34,35)19-7-2-1-3-8-19;/h1-14,22,31H,28H2;1H2. The molecule has 0 saturated carbocycles. The summed E-state index contributed by atoms with van der Waals surface area (Å²) in [6.45, 7) is 0. The lowest BCUT2D eigenvalue weighted by Gasteiger charge is -2.23. The monoisotopic (exact) mass is 585 g/mol. The van der Waals surface area contributed by atoms with E-state index in [1.807, 2.05) is 0 Å². The van der Waals surface area contributed by atoms with Crippen molar-refractivity contribution in [1.82, 2.24) is 4.98 Å². The Labute approximate surface area is 234 Å². The number of hydrogen-bond donors (Lipinski definition) is 2. The second kappa shape index (κ2) is 10.6. The van der Waals surface area contributed by atoms with Crippen molar-refractivity contribution in [3.8, 4) is 0 Å². The molecule has 2 heterocycles. The average molecular weight is 586 g/mol. The first kappa shape index (κ1) is 27.4. The Morgan fingerprint density at radius 1 is 1.00 bits per heavy atom. The van der Waals surface area contributed by atoms with Gasteiger partial charge in [0, 0.05) is 16.3 Å². The molecule has 0 spiro atoms. The molecule has 0 radical (unpaired) electrons. The first-order chi connectivity index (χ1) is 17.7. The number of halogens is 1. The number of anilines is 2.